The summed E-state index contributed by atoms with van der Waals surface area (Å²) in [7, 11) is 1.67. The monoisotopic (exact) mass is 398 g/mol. The number of hydrogen-bond acceptors (Lipinski definition) is 5. The molecule has 156 valence electrons. The lowest BCUT2D eigenvalue weighted by Crippen LogP contribution is -2.65. The summed E-state index contributed by atoms with van der Waals surface area (Å²) in [6.07, 6.45) is 4.33. The minimum Gasteiger partial charge on any atom is -0.497 e. The highest BCUT2D eigenvalue weighted by Gasteiger charge is 2.49. The van der Waals surface area contributed by atoms with Gasteiger partial charge in [0.2, 0.25) is 5.91 Å². The van der Waals surface area contributed by atoms with E-state index in [1.807, 2.05) is 24.3 Å². The maximum absolute atomic E-state index is 13.2. The maximum Gasteiger partial charge on any atom is 0.229 e. The number of hydrogen-bond donors (Lipinski definition) is 2. The molecule has 7 nitrogen and oxygen atoms in total. The van der Waals surface area contributed by atoms with Gasteiger partial charge in [0.25, 0.3) is 0 Å². The smallest absolute Gasteiger partial charge is 0.229 e. The molecule has 1 aromatic carbocycles. The lowest BCUT2D eigenvalue weighted by atomic mass is 9.73. The van der Waals surface area contributed by atoms with Gasteiger partial charge in [0, 0.05) is 51.1 Å². The van der Waals surface area contributed by atoms with Crippen molar-refractivity contribution in [3.63, 3.8) is 0 Å². The third-order valence-corrected chi connectivity index (χ3v) is 5.99. The number of methoxy groups -OCH3 is 1. The van der Waals surface area contributed by atoms with Gasteiger partial charge in [0.15, 0.2) is 0 Å². The predicted octanol–water partition coefficient (Wildman–Crippen LogP) is 1.66. The number of carbonyl (C=O) groups excluding carboxylic acids is 1. The minimum absolute atomic E-state index is 0.138. The summed E-state index contributed by atoms with van der Waals surface area (Å²) in [5.74, 6) is 1.56. The number of H-pyrrole nitrogens is 1. The number of nitrogens with zero attached hydrogens (tertiary/aromatic N) is 2. The molecule has 0 spiro atoms. The van der Waals surface area contributed by atoms with Gasteiger partial charge in [-0.2, -0.15) is 5.10 Å². The average Bonchev–Trinajstić information content (AvgIpc) is 3.40. The van der Waals surface area contributed by atoms with Crippen LogP contribution in [-0.4, -0.2) is 67.5 Å². The first-order chi connectivity index (χ1) is 14.2. The van der Waals surface area contributed by atoms with Gasteiger partial charge in [0.05, 0.1) is 19.1 Å². The van der Waals surface area contributed by atoms with Gasteiger partial charge < -0.3 is 19.7 Å². The third kappa shape index (κ3) is 4.79. The molecular formula is C22H30N4O3. The number of nitrogens with one attached hydrogen (secondary N) is 2. The second kappa shape index (κ2) is 8.97. The van der Waals surface area contributed by atoms with Crippen LogP contribution in [0.4, 0.5) is 0 Å². The Morgan fingerprint density at radius 1 is 1.41 bits per heavy atom. The molecule has 29 heavy (non-hydrogen) atoms. The molecule has 7 heteroatoms. The quantitative estimate of drug-likeness (QED) is 0.672. The molecule has 2 N–H and O–H groups in total. The van der Waals surface area contributed by atoms with Crippen molar-refractivity contribution in [1.29, 1.82) is 0 Å². The van der Waals surface area contributed by atoms with E-state index in [0.29, 0.717) is 12.5 Å². The zero-order valence-corrected chi connectivity index (χ0v) is 17.0. The van der Waals surface area contributed by atoms with Crippen LogP contribution in [0.5, 0.6) is 5.75 Å². The number of amides is 1. The van der Waals surface area contributed by atoms with Crippen molar-refractivity contribution < 1.29 is 14.3 Å². The van der Waals surface area contributed by atoms with Crippen molar-refractivity contribution in [3.8, 4) is 5.75 Å². The van der Waals surface area contributed by atoms with Crippen molar-refractivity contribution >= 4 is 5.91 Å². The number of ether oxygens (including phenoxy) is 2. The van der Waals surface area contributed by atoms with Crippen molar-refractivity contribution in [2.24, 2.45) is 11.3 Å². The minimum atomic E-state index is -0.389. The molecule has 1 amide bonds. The Morgan fingerprint density at radius 2 is 2.31 bits per heavy atom. The number of rotatable bonds is 9. The predicted molar refractivity (Wildman–Crippen MR) is 110 cm³/mol. The van der Waals surface area contributed by atoms with E-state index in [-0.39, 0.29) is 11.3 Å². The van der Waals surface area contributed by atoms with Crippen LogP contribution in [0.25, 0.3) is 0 Å². The van der Waals surface area contributed by atoms with E-state index in [2.05, 4.69) is 26.5 Å². The maximum atomic E-state index is 13.2. The standard InChI is InChI=1S/C22H30N4O3/c1-28-20-4-2-3-17(11-20)12-22(15-26(16-22)13-18-7-10-29-14-18)21(27)23-8-5-19-6-9-24-25-19/h2-4,6,9,11,18H,5,7-8,10,12-16H2,1H3,(H,23,27)(H,24,25). The highest BCUT2D eigenvalue weighted by atomic mass is 16.5. The molecule has 2 aromatic rings. The summed E-state index contributed by atoms with van der Waals surface area (Å²) in [6.45, 7) is 4.91. The molecule has 0 saturated carbocycles. The molecule has 0 radical (unpaired) electrons. The van der Waals surface area contributed by atoms with E-state index in [4.69, 9.17) is 9.47 Å². The van der Waals surface area contributed by atoms with Crippen LogP contribution in [0.15, 0.2) is 36.5 Å². The van der Waals surface area contributed by atoms with E-state index in [1.54, 1.807) is 13.3 Å². The molecule has 4 rings (SSSR count). The molecule has 1 atom stereocenters. The first-order valence-corrected chi connectivity index (χ1v) is 10.4. The van der Waals surface area contributed by atoms with Gasteiger partial charge >= 0.3 is 0 Å². The fourth-order valence-corrected chi connectivity index (χ4v) is 4.46. The Balaban J connectivity index is 1.39. The Bertz CT molecular complexity index is 796. The summed E-state index contributed by atoms with van der Waals surface area (Å²) >= 11 is 0. The van der Waals surface area contributed by atoms with Gasteiger partial charge in [-0.05, 0) is 42.5 Å². The Morgan fingerprint density at radius 3 is 3.03 bits per heavy atom. The van der Waals surface area contributed by atoms with E-state index in [9.17, 15) is 4.79 Å². The molecule has 2 saturated heterocycles. The Labute approximate surface area is 171 Å². The van der Waals surface area contributed by atoms with Crippen LogP contribution in [-0.2, 0) is 22.4 Å². The third-order valence-electron chi connectivity index (χ3n) is 5.99. The van der Waals surface area contributed by atoms with Crippen LogP contribution >= 0.6 is 0 Å². The molecule has 0 bridgehead atoms. The van der Waals surface area contributed by atoms with Crippen molar-refractivity contribution in [1.82, 2.24) is 20.4 Å². The molecule has 1 aromatic heterocycles. The summed E-state index contributed by atoms with van der Waals surface area (Å²) in [5.41, 5.74) is 1.78. The SMILES string of the molecule is COc1cccc(CC2(C(=O)NCCc3ccn[nH]3)CN(CC3CCOC3)C2)c1. The zero-order chi connectivity index (χ0) is 20.1. The van der Waals surface area contributed by atoms with E-state index >= 15 is 0 Å². The van der Waals surface area contributed by atoms with Crippen molar-refractivity contribution in [2.45, 2.75) is 19.3 Å². The van der Waals surface area contributed by atoms with Gasteiger partial charge in [-0.15, -0.1) is 0 Å². The normalized spacial score (nSPS) is 20.9. The average molecular weight is 399 g/mol. The first-order valence-electron chi connectivity index (χ1n) is 10.4. The van der Waals surface area contributed by atoms with Crippen LogP contribution < -0.4 is 10.1 Å². The highest BCUT2D eigenvalue weighted by molar-refractivity contribution is 5.84. The molecule has 2 aliphatic heterocycles. The number of aromatic nitrogens is 2. The van der Waals surface area contributed by atoms with E-state index in [1.165, 1.54) is 0 Å². The number of benzene rings is 1. The Hall–Kier alpha value is -2.38. The second-order valence-corrected chi connectivity index (χ2v) is 8.30. The van der Waals surface area contributed by atoms with Crippen LogP contribution in [0, 0.1) is 11.3 Å². The van der Waals surface area contributed by atoms with Gasteiger partial charge in [-0.3, -0.25) is 9.89 Å². The summed E-state index contributed by atoms with van der Waals surface area (Å²) in [6, 6.07) is 9.98. The summed E-state index contributed by atoms with van der Waals surface area (Å²) in [5, 5.41) is 10.1. The number of aromatic amines is 1. The lowest BCUT2D eigenvalue weighted by molar-refractivity contribution is -0.142. The van der Waals surface area contributed by atoms with Gasteiger partial charge in [-0.1, -0.05) is 12.1 Å². The number of likely N-dealkylation sites (tertiary alicyclic amines) is 1. The molecule has 2 aliphatic rings. The van der Waals surface area contributed by atoms with Crippen LogP contribution in [0.3, 0.4) is 0 Å². The Kier molecular flexibility index (Phi) is 6.16. The van der Waals surface area contributed by atoms with Crippen molar-refractivity contribution in [2.75, 3.05) is 46.5 Å². The first kappa shape index (κ1) is 19.9. The zero-order valence-electron chi connectivity index (χ0n) is 17.0. The largest absolute Gasteiger partial charge is 0.497 e. The van der Waals surface area contributed by atoms with Gasteiger partial charge in [-0.25, -0.2) is 0 Å². The molecule has 0 aliphatic carbocycles. The highest BCUT2D eigenvalue weighted by Crippen LogP contribution is 2.36. The van der Waals surface area contributed by atoms with Gasteiger partial charge in [0.1, 0.15) is 5.75 Å². The summed E-state index contributed by atoms with van der Waals surface area (Å²) < 4.78 is 10.9. The number of carbonyl (C=O) groups is 1. The molecule has 1 unspecified atom stereocenters. The van der Waals surface area contributed by atoms with Crippen LogP contribution in [0.2, 0.25) is 0 Å². The topological polar surface area (TPSA) is 79.5 Å². The van der Waals surface area contributed by atoms with E-state index in [0.717, 1.165) is 69.1 Å². The molecule has 3 heterocycles. The van der Waals surface area contributed by atoms with Crippen molar-refractivity contribution in [3.05, 3.63) is 47.8 Å². The van der Waals surface area contributed by atoms with E-state index < -0.39 is 0 Å². The van der Waals surface area contributed by atoms with Crippen LogP contribution in [0.1, 0.15) is 17.7 Å². The summed E-state index contributed by atoms with van der Waals surface area (Å²) in [4.78, 5) is 15.6. The second-order valence-electron chi connectivity index (χ2n) is 8.30. The molecule has 2 fully saturated rings. The fourth-order valence-electron chi connectivity index (χ4n) is 4.46. The lowest BCUT2D eigenvalue weighted by Gasteiger charge is -2.50. The molecular weight excluding hydrogens is 368 g/mol. The fraction of sp³-hybridized carbons (Fsp3) is 0.545.